The summed E-state index contributed by atoms with van der Waals surface area (Å²) in [6.07, 6.45) is 10.5. The van der Waals surface area contributed by atoms with Gasteiger partial charge in [0.15, 0.2) is 0 Å². The van der Waals surface area contributed by atoms with E-state index in [2.05, 4.69) is 31.4 Å². The van der Waals surface area contributed by atoms with Crippen LogP contribution in [0.15, 0.2) is 0 Å². The summed E-state index contributed by atoms with van der Waals surface area (Å²) in [5, 5.41) is 7.26. The van der Waals surface area contributed by atoms with Gasteiger partial charge in [0.05, 0.1) is 0 Å². The average Bonchev–Trinajstić information content (AvgIpc) is 2.42. The Morgan fingerprint density at radius 2 is 1.63 bits per heavy atom. The van der Waals surface area contributed by atoms with Crippen molar-refractivity contribution in [3.05, 3.63) is 0 Å². The third-order valence-corrected chi connectivity index (χ3v) is 5.24. The molecule has 2 nitrogen and oxygen atoms in total. The first-order valence-corrected chi connectivity index (χ1v) is 8.62. The second-order valence-corrected chi connectivity index (χ2v) is 7.36. The minimum atomic E-state index is 0.599. The Hall–Kier alpha value is -0.0800. The first-order valence-electron chi connectivity index (χ1n) is 8.62. The molecule has 0 spiro atoms. The highest BCUT2D eigenvalue weighted by molar-refractivity contribution is 4.84. The third-order valence-electron chi connectivity index (χ3n) is 5.24. The van der Waals surface area contributed by atoms with Crippen LogP contribution in [0.5, 0.6) is 0 Å². The van der Waals surface area contributed by atoms with E-state index in [-0.39, 0.29) is 0 Å². The standard InChI is InChI=1S/C17H34N2/c1-13(2)18-11-14(3)19-12-15-8-9-16-6-4-5-7-17(16)10-15/h13-19H,4-12H2,1-3H3. The van der Waals surface area contributed by atoms with Crippen molar-refractivity contribution in [2.45, 2.75) is 77.8 Å². The maximum absolute atomic E-state index is 3.74. The van der Waals surface area contributed by atoms with Gasteiger partial charge in [0.1, 0.15) is 0 Å². The van der Waals surface area contributed by atoms with Crippen molar-refractivity contribution >= 4 is 0 Å². The Labute approximate surface area is 120 Å². The summed E-state index contributed by atoms with van der Waals surface area (Å²) in [4.78, 5) is 0. The van der Waals surface area contributed by atoms with E-state index < -0.39 is 0 Å². The van der Waals surface area contributed by atoms with Crippen molar-refractivity contribution in [3.8, 4) is 0 Å². The molecule has 2 heteroatoms. The molecule has 2 rings (SSSR count). The fourth-order valence-electron chi connectivity index (χ4n) is 4.01. The SMILES string of the molecule is CC(C)NCC(C)NCC1CCC2CCCCC2C1. The Morgan fingerprint density at radius 1 is 0.895 bits per heavy atom. The summed E-state index contributed by atoms with van der Waals surface area (Å²) in [5.41, 5.74) is 0. The fourth-order valence-corrected chi connectivity index (χ4v) is 4.01. The van der Waals surface area contributed by atoms with Crippen LogP contribution in [0.25, 0.3) is 0 Å². The van der Waals surface area contributed by atoms with E-state index in [0.717, 1.165) is 24.3 Å². The molecular weight excluding hydrogens is 232 g/mol. The highest BCUT2D eigenvalue weighted by Crippen LogP contribution is 2.42. The molecule has 2 aliphatic rings. The molecule has 2 fully saturated rings. The van der Waals surface area contributed by atoms with Crippen LogP contribution in [0.3, 0.4) is 0 Å². The van der Waals surface area contributed by atoms with Crippen molar-refractivity contribution < 1.29 is 0 Å². The molecule has 0 radical (unpaired) electrons. The molecule has 0 aromatic heterocycles. The molecule has 0 amide bonds. The number of hydrogen-bond donors (Lipinski definition) is 2. The van der Waals surface area contributed by atoms with Crippen LogP contribution >= 0.6 is 0 Å². The molecule has 112 valence electrons. The van der Waals surface area contributed by atoms with Gasteiger partial charge >= 0.3 is 0 Å². The zero-order valence-corrected chi connectivity index (χ0v) is 13.3. The molecule has 0 aliphatic heterocycles. The highest BCUT2D eigenvalue weighted by Gasteiger charge is 2.31. The van der Waals surface area contributed by atoms with Crippen molar-refractivity contribution in [1.82, 2.24) is 10.6 Å². The van der Waals surface area contributed by atoms with Crippen molar-refractivity contribution in [1.29, 1.82) is 0 Å². The van der Waals surface area contributed by atoms with E-state index in [1.807, 2.05) is 0 Å². The monoisotopic (exact) mass is 266 g/mol. The third kappa shape index (κ3) is 5.07. The van der Waals surface area contributed by atoms with Crippen molar-refractivity contribution in [2.75, 3.05) is 13.1 Å². The summed E-state index contributed by atoms with van der Waals surface area (Å²) in [5.74, 6) is 3.10. The lowest BCUT2D eigenvalue weighted by Crippen LogP contribution is -2.42. The molecule has 19 heavy (non-hydrogen) atoms. The number of hydrogen-bond acceptors (Lipinski definition) is 2. The molecule has 2 saturated carbocycles. The molecule has 0 aromatic rings. The van der Waals surface area contributed by atoms with Crippen molar-refractivity contribution in [3.63, 3.8) is 0 Å². The smallest absolute Gasteiger partial charge is 0.0164 e. The normalized spacial score (nSPS) is 33.2. The van der Waals surface area contributed by atoms with Gasteiger partial charge in [0, 0.05) is 18.6 Å². The molecule has 4 unspecified atom stereocenters. The molecule has 0 bridgehead atoms. The van der Waals surface area contributed by atoms with E-state index in [0.29, 0.717) is 12.1 Å². The summed E-state index contributed by atoms with van der Waals surface area (Å²) in [6.45, 7) is 9.08. The van der Waals surface area contributed by atoms with Gasteiger partial charge in [-0.15, -0.1) is 0 Å². The molecular formula is C17H34N2. The number of nitrogens with one attached hydrogen (secondary N) is 2. The van der Waals surface area contributed by atoms with Crippen LogP contribution in [-0.2, 0) is 0 Å². The van der Waals surface area contributed by atoms with Crippen LogP contribution < -0.4 is 10.6 Å². The summed E-state index contributed by atoms with van der Waals surface area (Å²) in [6, 6.07) is 1.20. The van der Waals surface area contributed by atoms with Crippen LogP contribution in [0.4, 0.5) is 0 Å². The maximum atomic E-state index is 3.74. The molecule has 0 saturated heterocycles. The minimum absolute atomic E-state index is 0.599. The highest BCUT2D eigenvalue weighted by atomic mass is 15.0. The lowest BCUT2D eigenvalue weighted by Gasteiger charge is -2.39. The van der Waals surface area contributed by atoms with E-state index >= 15 is 0 Å². The molecule has 0 heterocycles. The van der Waals surface area contributed by atoms with Crippen LogP contribution in [-0.4, -0.2) is 25.2 Å². The van der Waals surface area contributed by atoms with Crippen LogP contribution in [0, 0.1) is 17.8 Å². The quantitative estimate of drug-likeness (QED) is 0.768. The van der Waals surface area contributed by atoms with Crippen molar-refractivity contribution in [2.24, 2.45) is 17.8 Å². The van der Waals surface area contributed by atoms with Gasteiger partial charge in [-0.3, -0.25) is 0 Å². The van der Waals surface area contributed by atoms with Crippen LogP contribution in [0.2, 0.25) is 0 Å². The predicted octanol–water partition coefficient (Wildman–Crippen LogP) is 3.57. The first kappa shape index (κ1) is 15.3. The lowest BCUT2D eigenvalue weighted by atomic mass is 9.67. The fraction of sp³-hybridized carbons (Fsp3) is 1.00. The summed E-state index contributed by atoms with van der Waals surface area (Å²) in [7, 11) is 0. The van der Waals surface area contributed by atoms with E-state index in [1.54, 1.807) is 0 Å². The lowest BCUT2D eigenvalue weighted by molar-refractivity contribution is 0.127. The second-order valence-electron chi connectivity index (χ2n) is 7.36. The molecule has 4 atom stereocenters. The molecule has 2 aliphatic carbocycles. The summed E-state index contributed by atoms with van der Waals surface area (Å²) >= 11 is 0. The Kier molecular flexibility index (Phi) is 6.15. The van der Waals surface area contributed by atoms with E-state index in [9.17, 15) is 0 Å². The maximum Gasteiger partial charge on any atom is 0.0164 e. The zero-order chi connectivity index (χ0) is 13.7. The zero-order valence-electron chi connectivity index (χ0n) is 13.3. The predicted molar refractivity (Wildman–Crippen MR) is 83.4 cm³/mol. The van der Waals surface area contributed by atoms with Gasteiger partial charge in [-0.05, 0) is 50.5 Å². The van der Waals surface area contributed by atoms with Gasteiger partial charge in [0.2, 0.25) is 0 Å². The summed E-state index contributed by atoms with van der Waals surface area (Å²) < 4.78 is 0. The average molecular weight is 266 g/mol. The Balaban J connectivity index is 1.63. The van der Waals surface area contributed by atoms with Crippen LogP contribution in [0.1, 0.15) is 65.7 Å². The number of rotatable bonds is 6. The van der Waals surface area contributed by atoms with Gasteiger partial charge in [-0.25, -0.2) is 0 Å². The largest absolute Gasteiger partial charge is 0.313 e. The first-order chi connectivity index (χ1) is 9.15. The minimum Gasteiger partial charge on any atom is -0.313 e. The van der Waals surface area contributed by atoms with E-state index in [4.69, 9.17) is 0 Å². The topological polar surface area (TPSA) is 24.1 Å². The Morgan fingerprint density at radius 3 is 2.37 bits per heavy atom. The van der Waals surface area contributed by atoms with Gasteiger partial charge < -0.3 is 10.6 Å². The molecule has 2 N–H and O–H groups in total. The van der Waals surface area contributed by atoms with Gasteiger partial charge in [-0.2, -0.15) is 0 Å². The van der Waals surface area contributed by atoms with E-state index in [1.165, 1.54) is 51.5 Å². The van der Waals surface area contributed by atoms with Gasteiger partial charge in [0.25, 0.3) is 0 Å². The Bertz CT molecular complexity index is 252. The van der Waals surface area contributed by atoms with Gasteiger partial charge in [-0.1, -0.05) is 39.5 Å². The second kappa shape index (κ2) is 7.64. The number of fused-ring (bicyclic) bond motifs is 1. The molecule has 0 aromatic carbocycles.